The number of hydrogen-bond donors (Lipinski definition) is 4. The lowest BCUT2D eigenvalue weighted by atomic mass is 9.98. The fourth-order valence-corrected chi connectivity index (χ4v) is 7.97. The average Bonchev–Trinajstić information content (AvgIpc) is 4.10. The van der Waals surface area contributed by atoms with Crippen molar-refractivity contribution in [2.24, 2.45) is 0 Å². The maximum Gasteiger partial charge on any atom is 0.407 e. The third-order valence-electron chi connectivity index (χ3n) is 11.2. The molecular formula is C45H46N8O7. The van der Waals surface area contributed by atoms with Crippen molar-refractivity contribution >= 4 is 34.8 Å². The molecule has 6 aromatic rings. The van der Waals surface area contributed by atoms with Crippen LogP contribution in [-0.4, -0.2) is 100 Å². The summed E-state index contributed by atoms with van der Waals surface area (Å²) in [7, 11) is 2.54. The molecule has 0 spiro atoms. The molecule has 2 saturated heterocycles. The van der Waals surface area contributed by atoms with Gasteiger partial charge in [0.2, 0.25) is 5.91 Å². The summed E-state index contributed by atoms with van der Waals surface area (Å²) >= 11 is 0. The molecule has 0 bridgehead atoms. The lowest BCUT2D eigenvalue weighted by molar-refractivity contribution is -0.143. The molecular weight excluding hydrogens is 765 g/mol. The maximum atomic E-state index is 14.0. The Kier molecular flexibility index (Phi) is 11.6. The van der Waals surface area contributed by atoms with Gasteiger partial charge in [-0.1, -0.05) is 78.9 Å². The number of likely N-dealkylation sites (tertiary alicyclic amines) is 1. The van der Waals surface area contributed by atoms with Gasteiger partial charge in [-0.15, -0.1) is 0 Å². The van der Waals surface area contributed by atoms with Crippen molar-refractivity contribution < 1.29 is 33.4 Å². The molecule has 15 heteroatoms. The van der Waals surface area contributed by atoms with E-state index in [1.165, 1.54) is 14.2 Å². The number of nitrogens with zero attached hydrogens (tertiary/aromatic N) is 4. The molecule has 2 aliphatic heterocycles. The molecule has 2 aromatic heterocycles. The highest BCUT2D eigenvalue weighted by atomic mass is 16.5. The van der Waals surface area contributed by atoms with Crippen LogP contribution in [0.4, 0.5) is 9.59 Å². The Morgan fingerprint density at radius 1 is 0.700 bits per heavy atom. The number of methoxy groups -OCH3 is 2. The van der Waals surface area contributed by atoms with Gasteiger partial charge in [-0.25, -0.2) is 19.6 Å². The number of nitrogens with one attached hydrogen (secondary N) is 4. The summed E-state index contributed by atoms with van der Waals surface area (Å²) in [4.78, 5) is 70.8. The van der Waals surface area contributed by atoms with Gasteiger partial charge in [0.1, 0.15) is 29.8 Å². The SMILES string of the molecule is COC(=O)N[C@@H](C)C(=O)N1CCC[C@H]1c1ncc(-c2ccc3cc(-c4ccc(-c5cnc([C@@H]6COCCN6C(=O)[C@H](NC(=O)OC)c6ccccc6)[nH]5)cc4)ccc3c2)[nH]1. The number of imidazole rings is 2. The zero-order valence-electron chi connectivity index (χ0n) is 33.5. The van der Waals surface area contributed by atoms with E-state index in [4.69, 9.17) is 9.47 Å². The largest absolute Gasteiger partial charge is 0.453 e. The highest BCUT2D eigenvalue weighted by Crippen LogP contribution is 2.34. The van der Waals surface area contributed by atoms with Crippen LogP contribution in [0.5, 0.6) is 0 Å². The molecule has 0 radical (unpaired) electrons. The zero-order valence-corrected chi connectivity index (χ0v) is 33.5. The molecule has 4 N–H and O–H groups in total. The number of benzene rings is 4. The molecule has 308 valence electrons. The first-order valence-electron chi connectivity index (χ1n) is 19.9. The van der Waals surface area contributed by atoms with Crippen LogP contribution in [0.3, 0.4) is 0 Å². The van der Waals surface area contributed by atoms with Crippen LogP contribution in [0.25, 0.3) is 44.4 Å². The number of alkyl carbamates (subject to hydrolysis) is 2. The van der Waals surface area contributed by atoms with Crippen molar-refractivity contribution in [3.8, 4) is 33.6 Å². The van der Waals surface area contributed by atoms with Gasteiger partial charge in [-0.2, -0.15) is 0 Å². The smallest absolute Gasteiger partial charge is 0.407 e. The Balaban J connectivity index is 0.948. The highest BCUT2D eigenvalue weighted by Gasteiger charge is 2.37. The summed E-state index contributed by atoms with van der Waals surface area (Å²) in [6.45, 7) is 3.19. The van der Waals surface area contributed by atoms with E-state index in [1.807, 2.05) is 30.3 Å². The standard InChI is InChI=1S/C45H46N8O7/c1-27(48-44(56)58-2)42(54)52-19-7-10-37(52)40-46-25-36(50-40)34-18-17-32-22-31(15-16-33(32)23-34)28-11-13-29(14-12-28)35-24-47-41(49-35)38-26-60-21-20-53(38)43(55)39(51-45(57)59-3)30-8-5-4-6-9-30/h4-6,8-9,11-18,22-25,27,37-39H,7,10,19-21,26H2,1-3H3,(H,46,50)(H,47,49)(H,48,56)(H,51,57)/t27-,37-,38-,39+/m0/s1. The Labute approximate surface area is 346 Å². The number of fused-ring (bicyclic) bond motifs is 1. The van der Waals surface area contributed by atoms with Gasteiger partial charge >= 0.3 is 12.2 Å². The number of carbonyl (C=O) groups is 4. The second-order valence-corrected chi connectivity index (χ2v) is 14.9. The number of H-pyrrole nitrogens is 2. The summed E-state index contributed by atoms with van der Waals surface area (Å²) in [6, 6.07) is 27.6. The molecule has 60 heavy (non-hydrogen) atoms. The number of amides is 4. The van der Waals surface area contributed by atoms with E-state index >= 15 is 0 Å². The lowest BCUT2D eigenvalue weighted by Crippen LogP contribution is -2.49. The molecule has 0 saturated carbocycles. The van der Waals surface area contributed by atoms with Crippen molar-refractivity contribution in [1.29, 1.82) is 0 Å². The molecule has 8 rings (SSSR count). The number of carbonyl (C=O) groups excluding carboxylic acids is 4. The van der Waals surface area contributed by atoms with Crippen LogP contribution >= 0.6 is 0 Å². The number of ether oxygens (including phenoxy) is 3. The number of hydrogen-bond acceptors (Lipinski definition) is 9. The van der Waals surface area contributed by atoms with Gasteiger partial charge in [0.15, 0.2) is 0 Å². The van der Waals surface area contributed by atoms with Crippen LogP contribution in [0.15, 0.2) is 103 Å². The monoisotopic (exact) mass is 810 g/mol. The average molecular weight is 811 g/mol. The lowest BCUT2D eigenvalue weighted by Gasteiger charge is -2.36. The van der Waals surface area contributed by atoms with Gasteiger partial charge in [0.25, 0.3) is 5.91 Å². The fraction of sp³-hybridized carbons (Fsp3) is 0.289. The first kappa shape index (κ1) is 39.8. The molecule has 0 aliphatic carbocycles. The maximum absolute atomic E-state index is 14.0. The first-order valence-corrected chi connectivity index (χ1v) is 19.9. The number of aromatic amines is 2. The van der Waals surface area contributed by atoms with E-state index in [-0.39, 0.29) is 24.5 Å². The third kappa shape index (κ3) is 8.29. The van der Waals surface area contributed by atoms with Crippen LogP contribution < -0.4 is 10.6 Å². The fourth-order valence-electron chi connectivity index (χ4n) is 7.97. The first-order chi connectivity index (χ1) is 29.2. The Hall–Kier alpha value is -7.00. The van der Waals surface area contributed by atoms with E-state index in [0.29, 0.717) is 36.9 Å². The van der Waals surface area contributed by atoms with Crippen molar-refractivity contribution in [1.82, 2.24) is 40.4 Å². The Bertz CT molecular complexity index is 2500. The predicted octanol–water partition coefficient (Wildman–Crippen LogP) is 6.69. The highest BCUT2D eigenvalue weighted by molar-refractivity contribution is 5.91. The second-order valence-electron chi connectivity index (χ2n) is 14.9. The molecule has 2 fully saturated rings. The minimum absolute atomic E-state index is 0.176. The number of aromatic nitrogens is 4. The molecule has 2 aliphatic rings. The minimum Gasteiger partial charge on any atom is -0.453 e. The van der Waals surface area contributed by atoms with Crippen molar-refractivity contribution in [3.63, 3.8) is 0 Å². The summed E-state index contributed by atoms with van der Waals surface area (Å²) in [5.41, 5.74) is 6.34. The van der Waals surface area contributed by atoms with Crippen LogP contribution in [0, 0.1) is 0 Å². The molecule has 4 heterocycles. The molecule has 4 amide bonds. The van der Waals surface area contributed by atoms with Gasteiger partial charge in [0, 0.05) is 18.7 Å². The quantitative estimate of drug-likeness (QED) is 0.117. The van der Waals surface area contributed by atoms with Crippen molar-refractivity contribution in [3.05, 3.63) is 121 Å². The van der Waals surface area contributed by atoms with Crippen LogP contribution in [0.1, 0.15) is 55.1 Å². The molecule has 15 nitrogen and oxygen atoms in total. The minimum atomic E-state index is -0.939. The Morgan fingerprint density at radius 3 is 1.98 bits per heavy atom. The Morgan fingerprint density at radius 2 is 1.28 bits per heavy atom. The van der Waals surface area contributed by atoms with Gasteiger partial charge in [-0.3, -0.25) is 9.59 Å². The summed E-state index contributed by atoms with van der Waals surface area (Å²) in [5, 5.41) is 7.42. The van der Waals surface area contributed by atoms with Gasteiger partial charge in [0.05, 0.1) is 57.3 Å². The summed E-state index contributed by atoms with van der Waals surface area (Å²) in [5.74, 6) is 0.842. The molecule has 4 aromatic carbocycles. The van der Waals surface area contributed by atoms with E-state index in [0.717, 1.165) is 57.3 Å². The van der Waals surface area contributed by atoms with Crippen molar-refractivity contribution in [2.75, 3.05) is 40.5 Å². The number of rotatable bonds is 10. The van der Waals surface area contributed by atoms with Gasteiger partial charge in [-0.05, 0) is 64.9 Å². The normalized spacial score (nSPS) is 17.5. The zero-order chi connectivity index (χ0) is 41.8. The van der Waals surface area contributed by atoms with E-state index in [1.54, 1.807) is 41.2 Å². The third-order valence-corrected chi connectivity index (χ3v) is 11.2. The van der Waals surface area contributed by atoms with Gasteiger partial charge < -0.3 is 44.6 Å². The topological polar surface area (TPSA) is 184 Å². The van der Waals surface area contributed by atoms with Crippen molar-refractivity contribution in [2.45, 2.75) is 43.9 Å². The van der Waals surface area contributed by atoms with Crippen LogP contribution in [0.2, 0.25) is 0 Å². The van der Waals surface area contributed by atoms with Crippen LogP contribution in [-0.2, 0) is 23.8 Å². The van der Waals surface area contributed by atoms with E-state index in [9.17, 15) is 19.2 Å². The van der Waals surface area contributed by atoms with E-state index in [2.05, 4.69) is 83.8 Å². The molecule has 4 atom stereocenters. The molecule has 0 unspecified atom stereocenters. The summed E-state index contributed by atoms with van der Waals surface area (Å²) < 4.78 is 15.3. The number of morpholine rings is 1. The second kappa shape index (κ2) is 17.5. The summed E-state index contributed by atoms with van der Waals surface area (Å²) in [6.07, 6.45) is 3.84. The van der Waals surface area contributed by atoms with E-state index < -0.39 is 30.3 Å². The predicted molar refractivity (Wildman–Crippen MR) is 223 cm³/mol.